The fourth-order valence-corrected chi connectivity index (χ4v) is 2.05. The summed E-state index contributed by atoms with van der Waals surface area (Å²) >= 11 is 0. The molecule has 2 nitrogen and oxygen atoms in total. The highest BCUT2D eigenvalue weighted by Gasteiger charge is 2.07. The van der Waals surface area contributed by atoms with Gasteiger partial charge in [-0.25, -0.2) is 0 Å². The van der Waals surface area contributed by atoms with Crippen LogP contribution in [0.25, 0.3) is 17.0 Å². The zero-order valence-corrected chi connectivity index (χ0v) is 8.49. The second kappa shape index (κ2) is 3.55. The fourth-order valence-electron chi connectivity index (χ4n) is 2.05. The molecule has 2 heteroatoms. The highest BCUT2D eigenvalue weighted by atomic mass is 16.5. The van der Waals surface area contributed by atoms with E-state index in [0.717, 1.165) is 19.6 Å². The summed E-state index contributed by atoms with van der Waals surface area (Å²) in [7, 11) is 0. The quantitative estimate of drug-likeness (QED) is 0.750. The molecule has 1 aromatic heterocycles. The third-order valence-corrected chi connectivity index (χ3v) is 2.84. The number of H-pyrrole nitrogens is 1. The van der Waals surface area contributed by atoms with Gasteiger partial charge in [0.15, 0.2) is 0 Å². The van der Waals surface area contributed by atoms with Crippen molar-refractivity contribution in [3.63, 3.8) is 0 Å². The molecule has 0 bridgehead atoms. The Bertz CT molecular complexity index is 502. The van der Waals surface area contributed by atoms with Gasteiger partial charge in [-0.05, 0) is 29.7 Å². The number of aromatic amines is 1. The summed E-state index contributed by atoms with van der Waals surface area (Å²) in [6.45, 7) is 1.66. The first-order valence-corrected chi connectivity index (χ1v) is 5.27. The predicted octanol–water partition coefficient (Wildman–Crippen LogP) is 2.97. The Balaban J connectivity index is 2.10. The maximum Gasteiger partial charge on any atom is 0.0681 e. The average molecular weight is 199 g/mol. The van der Waals surface area contributed by atoms with Crippen LogP contribution in [0, 0.1) is 0 Å². The van der Waals surface area contributed by atoms with E-state index in [1.807, 2.05) is 6.20 Å². The monoisotopic (exact) mass is 199 g/mol. The second-order valence-corrected chi connectivity index (χ2v) is 3.89. The maximum atomic E-state index is 5.35. The molecule has 1 fully saturated rings. The van der Waals surface area contributed by atoms with Gasteiger partial charge in [-0.3, -0.25) is 0 Å². The van der Waals surface area contributed by atoms with Crippen molar-refractivity contribution >= 4 is 17.0 Å². The average Bonchev–Trinajstić information content (AvgIpc) is 2.87. The molecule has 1 aromatic carbocycles. The molecule has 0 unspecified atom stereocenters. The first-order chi connectivity index (χ1) is 7.43. The van der Waals surface area contributed by atoms with Crippen LogP contribution >= 0.6 is 0 Å². The van der Waals surface area contributed by atoms with E-state index in [-0.39, 0.29) is 0 Å². The van der Waals surface area contributed by atoms with Crippen molar-refractivity contribution < 1.29 is 4.74 Å². The van der Waals surface area contributed by atoms with Crippen LogP contribution < -0.4 is 0 Å². The van der Waals surface area contributed by atoms with E-state index in [9.17, 15) is 0 Å². The molecular formula is C13H13NO. The highest BCUT2D eigenvalue weighted by Crippen LogP contribution is 2.22. The number of nitrogens with one attached hydrogen (secondary N) is 1. The molecule has 1 aliphatic rings. The molecule has 1 aliphatic heterocycles. The lowest BCUT2D eigenvalue weighted by Gasteiger charge is -1.98. The van der Waals surface area contributed by atoms with E-state index >= 15 is 0 Å². The lowest BCUT2D eigenvalue weighted by molar-refractivity contribution is 0.205. The molecule has 0 atom stereocenters. The molecule has 0 aliphatic carbocycles. The summed E-state index contributed by atoms with van der Waals surface area (Å²) in [6.07, 6.45) is 5.31. The van der Waals surface area contributed by atoms with Crippen LogP contribution in [0.2, 0.25) is 0 Å². The van der Waals surface area contributed by atoms with Crippen LogP contribution in [-0.2, 0) is 4.74 Å². The number of aromatic nitrogens is 1. The summed E-state index contributed by atoms with van der Waals surface area (Å²) in [6, 6.07) is 8.46. The SMILES string of the molecule is C(=C1\CCOC1)/c1cccc2[nH]ccc12. The van der Waals surface area contributed by atoms with Gasteiger partial charge in [0.2, 0.25) is 0 Å². The number of hydrogen-bond acceptors (Lipinski definition) is 1. The van der Waals surface area contributed by atoms with Crippen LogP contribution in [0.15, 0.2) is 36.0 Å². The number of rotatable bonds is 1. The lowest BCUT2D eigenvalue weighted by atomic mass is 10.1. The van der Waals surface area contributed by atoms with Gasteiger partial charge in [-0.15, -0.1) is 0 Å². The highest BCUT2D eigenvalue weighted by molar-refractivity contribution is 5.88. The van der Waals surface area contributed by atoms with Gasteiger partial charge in [0.25, 0.3) is 0 Å². The summed E-state index contributed by atoms with van der Waals surface area (Å²) in [5.41, 5.74) is 3.88. The van der Waals surface area contributed by atoms with Crippen molar-refractivity contribution in [1.29, 1.82) is 0 Å². The Morgan fingerprint density at radius 3 is 3.13 bits per heavy atom. The van der Waals surface area contributed by atoms with Crippen LogP contribution in [0.1, 0.15) is 12.0 Å². The Hall–Kier alpha value is -1.54. The van der Waals surface area contributed by atoms with Gasteiger partial charge in [0.05, 0.1) is 13.2 Å². The van der Waals surface area contributed by atoms with Gasteiger partial charge in [0.1, 0.15) is 0 Å². The Labute approximate surface area is 88.6 Å². The number of ether oxygens (including phenoxy) is 1. The zero-order chi connectivity index (χ0) is 10.1. The summed E-state index contributed by atoms with van der Waals surface area (Å²) in [4.78, 5) is 3.22. The van der Waals surface area contributed by atoms with Gasteiger partial charge in [0, 0.05) is 17.1 Å². The summed E-state index contributed by atoms with van der Waals surface area (Å²) < 4.78 is 5.35. The third-order valence-electron chi connectivity index (χ3n) is 2.84. The standard InChI is InChI=1S/C13H13NO/c1-2-11(8-10-5-7-15-9-10)12-4-6-14-13(12)3-1/h1-4,6,8,14H,5,7,9H2/b10-8-. The minimum absolute atomic E-state index is 0.792. The van der Waals surface area contributed by atoms with Crippen LogP contribution in [0.5, 0.6) is 0 Å². The van der Waals surface area contributed by atoms with Crippen molar-refractivity contribution in [1.82, 2.24) is 4.98 Å². The zero-order valence-electron chi connectivity index (χ0n) is 8.49. The first-order valence-electron chi connectivity index (χ1n) is 5.27. The normalized spacial score (nSPS) is 19.1. The molecule has 0 radical (unpaired) electrons. The fraction of sp³-hybridized carbons (Fsp3) is 0.231. The molecule has 2 heterocycles. The molecule has 0 amide bonds. The van der Waals surface area contributed by atoms with Gasteiger partial charge in [-0.2, -0.15) is 0 Å². The predicted molar refractivity (Wildman–Crippen MR) is 61.7 cm³/mol. The van der Waals surface area contributed by atoms with E-state index < -0.39 is 0 Å². The number of hydrogen-bond donors (Lipinski definition) is 1. The van der Waals surface area contributed by atoms with E-state index in [1.54, 1.807) is 0 Å². The molecule has 3 rings (SSSR count). The van der Waals surface area contributed by atoms with Crippen molar-refractivity contribution in [3.05, 3.63) is 41.6 Å². The summed E-state index contributed by atoms with van der Waals surface area (Å²) in [5, 5.41) is 1.29. The van der Waals surface area contributed by atoms with E-state index in [0.29, 0.717) is 0 Å². The molecule has 0 saturated carbocycles. The van der Waals surface area contributed by atoms with Gasteiger partial charge < -0.3 is 9.72 Å². The minimum Gasteiger partial charge on any atom is -0.377 e. The van der Waals surface area contributed by atoms with E-state index in [2.05, 4.69) is 35.3 Å². The Morgan fingerprint density at radius 1 is 1.27 bits per heavy atom. The molecule has 76 valence electrons. The van der Waals surface area contributed by atoms with Crippen LogP contribution in [-0.4, -0.2) is 18.2 Å². The molecule has 1 saturated heterocycles. The number of benzene rings is 1. The van der Waals surface area contributed by atoms with Gasteiger partial charge in [-0.1, -0.05) is 18.2 Å². The van der Waals surface area contributed by atoms with Crippen molar-refractivity contribution in [3.8, 4) is 0 Å². The van der Waals surface area contributed by atoms with Crippen LogP contribution in [0.4, 0.5) is 0 Å². The minimum atomic E-state index is 0.792. The molecular weight excluding hydrogens is 186 g/mol. The van der Waals surface area contributed by atoms with Crippen molar-refractivity contribution in [2.75, 3.05) is 13.2 Å². The smallest absolute Gasteiger partial charge is 0.0681 e. The summed E-state index contributed by atoms with van der Waals surface area (Å²) in [5.74, 6) is 0. The Morgan fingerprint density at radius 2 is 2.27 bits per heavy atom. The van der Waals surface area contributed by atoms with E-state index in [4.69, 9.17) is 4.74 Å². The maximum absolute atomic E-state index is 5.35. The molecule has 15 heavy (non-hydrogen) atoms. The first kappa shape index (κ1) is 8.74. The van der Waals surface area contributed by atoms with Crippen LogP contribution in [0.3, 0.4) is 0 Å². The lowest BCUT2D eigenvalue weighted by Crippen LogP contribution is -1.82. The van der Waals surface area contributed by atoms with Gasteiger partial charge >= 0.3 is 0 Å². The van der Waals surface area contributed by atoms with Crippen molar-refractivity contribution in [2.45, 2.75) is 6.42 Å². The molecule has 0 spiro atoms. The largest absolute Gasteiger partial charge is 0.377 e. The number of fused-ring (bicyclic) bond motifs is 1. The molecule has 1 N–H and O–H groups in total. The van der Waals surface area contributed by atoms with Crippen molar-refractivity contribution in [2.24, 2.45) is 0 Å². The van der Waals surface area contributed by atoms with E-state index in [1.165, 1.54) is 22.0 Å². The third kappa shape index (κ3) is 1.57. The second-order valence-electron chi connectivity index (χ2n) is 3.89. The topological polar surface area (TPSA) is 25.0 Å². The Kier molecular flexibility index (Phi) is 2.07. The molecule has 2 aromatic rings.